The third-order valence-corrected chi connectivity index (χ3v) is 4.87. The number of hydrogen-bond acceptors (Lipinski definition) is 3. The van der Waals surface area contributed by atoms with E-state index < -0.39 is 20.3 Å². The average Bonchev–Trinajstić information content (AvgIpc) is 1.58. The Balaban J connectivity index is 0. The molecule has 0 heterocycles. The first-order valence-corrected chi connectivity index (χ1v) is 5.56. The van der Waals surface area contributed by atoms with Crippen LogP contribution in [0.5, 0.6) is 0 Å². The molecule has 0 atom stereocenters. The third-order valence-electron chi connectivity index (χ3n) is 1.10. The van der Waals surface area contributed by atoms with E-state index in [9.17, 15) is 9.13 Å². The van der Waals surface area contributed by atoms with Gasteiger partial charge in [0.25, 0.3) is 5.08 Å². The van der Waals surface area contributed by atoms with Crippen LogP contribution >= 0.6 is 15.2 Å². The van der Waals surface area contributed by atoms with E-state index in [0.717, 1.165) is 0 Å². The van der Waals surface area contributed by atoms with Crippen LogP contribution in [0.3, 0.4) is 0 Å². The summed E-state index contributed by atoms with van der Waals surface area (Å²) >= 11 is 0. The first kappa shape index (κ1) is 15.3. The summed E-state index contributed by atoms with van der Waals surface area (Å²) in [6.07, 6.45) is 0. The molecule has 0 radical (unpaired) electrons. The molecule has 0 saturated carbocycles. The summed E-state index contributed by atoms with van der Waals surface area (Å²) in [5.41, 5.74) is 0. The van der Waals surface area contributed by atoms with Gasteiger partial charge in [-0.25, -0.2) is 0 Å². The van der Waals surface area contributed by atoms with Crippen LogP contribution in [0.25, 0.3) is 0 Å². The fraction of sp³-hybridized carbons (Fsp3) is 1.00. The van der Waals surface area contributed by atoms with Crippen LogP contribution in [0.15, 0.2) is 0 Å². The van der Waals surface area contributed by atoms with Crippen LogP contribution in [0, 0.1) is 0 Å². The van der Waals surface area contributed by atoms with E-state index in [1.54, 1.807) is 0 Å². The van der Waals surface area contributed by atoms with Gasteiger partial charge in [-0.1, -0.05) is 0 Å². The second kappa shape index (κ2) is 3.88. The number of aliphatic hydroxyl groups is 1. The van der Waals surface area contributed by atoms with Crippen molar-refractivity contribution in [1.29, 1.82) is 0 Å². The predicted molar refractivity (Wildman–Crippen MR) is 34.7 cm³/mol. The standard InChI is InChI=1S/C2H8O7P2.Fe/c1-2(3,10(4,5)6)11(7,8)9;/h3H,1H3,(H2,4,5,6)(H2,7,8,9);. The van der Waals surface area contributed by atoms with Crippen LogP contribution < -0.4 is 0 Å². The van der Waals surface area contributed by atoms with Crippen molar-refractivity contribution in [2.75, 3.05) is 0 Å². The van der Waals surface area contributed by atoms with Crippen LogP contribution in [0.2, 0.25) is 0 Å². The summed E-state index contributed by atoms with van der Waals surface area (Å²) in [4.78, 5) is 33.0. The Bertz CT molecular complexity index is 212. The largest absolute Gasteiger partial charge is 0.369 e. The smallest absolute Gasteiger partial charge is 0.368 e. The molecule has 0 aliphatic rings. The zero-order chi connectivity index (χ0) is 9.50. The maximum atomic E-state index is 10.3. The van der Waals surface area contributed by atoms with Crippen LogP contribution in [-0.4, -0.2) is 29.8 Å². The Kier molecular flexibility index (Phi) is 4.94. The van der Waals surface area contributed by atoms with Gasteiger partial charge in [-0.15, -0.1) is 0 Å². The second-order valence-corrected chi connectivity index (χ2v) is 6.33. The van der Waals surface area contributed by atoms with E-state index in [1.165, 1.54) is 0 Å². The van der Waals surface area contributed by atoms with Crippen LogP contribution in [0.1, 0.15) is 6.92 Å². The van der Waals surface area contributed by atoms with Crippen LogP contribution in [0.4, 0.5) is 0 Å². The van der Waals surface area contributed by atoms with Crippen LogP contribution in [-0.2, 0) is 26.2 Å². The fourth-order valence-corrected chi connectivity index (χ4v) is 1.53. The molecule has 0 saturated heterocycles. The molecule has 0 fully saturated rings. The van der Waals surface area contributed by atoms with Crippen molar-refractivity contribution >= 4 is 15.2 Å². The molecule has 10 heteroatoms. The summed E-state index contributed by atoms with van der Waals surface area (Å²) in [7, 11) is -10.4. The van der Waals surface area contributed by atoms with Crippen molar-refractivity contribution in [3.63, 3.8) is 0 Å². The van der Waals surface area contributed by atoms with E-state index in [0.29, 0.717) is 6.92 Å². The molecule has 0 rings (SSSR count). The topological polar surface area (TPSA) is 135 Å². The Morgan fingerprint density at radius 3 is 1.17 bits per heavy atom. The molecule has 0 spiro atoms. The Morgan fingerprint density at radius 2 is 1.17 bits per heavy atom. The van der Waals surface area contributed by atoms with E-state index in [1.807, 2.05) is 0 Å². The minimum Gasteiger partial charge on any atom is -0.368 e. The molecule has 0 aromatic heterocycles. The average molecular weight is 262 g/mol. The molecule has 0 aliphatic heterocycles. The third kappa shape index (κ3) is 2.92. The van der Waals surface area contributed by atoms with Crippen molar-refractivity contribution in [3.8, 4) is 0 Å². The molecule has 0 amide bonds. The second-order valence-electron chi connectivity index (χ2n) is 2.06. The minimum absolute atomic E-state index is 0. The predicted octanol–water partition coefficient (Wildman–Crippen LogP) is -0.995. The number of hydrogen-bond donors (Lipinski definition) is 5. The Morgan fingerprint density at radius 1 is 1.00 bits per heavy atom. The molecule has 12 heavy (non-hydrogen) atoms. The van der Waals surface area contributed by atoms with E-state index >= 15 is 0 Å². The summed E-state index contributed by atoms with van der Waals surface area (Å²) in [5, 5.41) is 5.37. The van der Waals surface area contributed by atoms with Crippen molar-refractivity contribution in [1.82, 2.24) is 0 Å². The quantitative estimate of drug-likeness (QED) is 0.318. The zero-order valence-corrected chi connectivity index (χ0v) is 8.69. The van der Waals surface area contributed by atoms with Gasteiger partial charge in [0.2, 0.25) is 0 Å². The first-order chi connectivity index (χ1) is 4.50. The monoisotopic (exact) mass is 262 g/mol. The van der Waals surface area contributed by atoms with Gasteiger partial charge in [-0.3, -0.25) is 9.13 Å². The van der Waals surface area contributed by atoms with Gasteiger partial charge in [0.15, 0.2) is 0 Å². The first-order valence-electron chi connectivity index (χ1n) is 2.34. The van der Waals surface area contributed by atoms with Gasteiger partial charge < -0.3 is 24.7 Å². The van der Waals surface area contributed by atoms with E-state index in [4.69, 9.17) is 24.7 Å². The van der Waals surface area contributed by atoms with Gasteiger partial charge in [0.1, 0.15) is 0 Å². The number of rotatable bonds is 2. The molecule has 0 bridgehead atoms. The normalized spacial score (nSPS) is 13.8. The zero-order valence-electron chi connectivity index (χ0n) is 5.80. The van der Waals surface area contributed by atoms with Gasteiger partial charge in [-0.2, -0.15) is 0 Å². The molecule has 0 aliphatic carbocycles. The molecular weight excluding hydrogens is 254 g/mol. The summed E-state index contributed by atoms with van der Waals surface area (Å²) < 4.78 is 20.5. The molecule has 5 N–H and O–H groups in total. The molecule has 7 nitrogen and oxygen atoms in total. The maximum Gasteiger partial charge on any atom is 0.369 e. The van der Waals surface area contributed by atoms with Gasteiger partial charge in [0, 0.05) is 17.1 Å². The van der Waals surface area contributed by atoms with Crippen molar-refractivity contribution in [3.05, 3.63) is 0 Å². The molecule has 76 valence electrons. The van der Waals surface area contributed by atoms with Gasteiger partial charge in [-0.05, 0) is 6.92 Å². The van der Waals surface area contributed by atoms with E-state index in [2.05, 4.69) is 0 Å². The van der Waals surface area contributed by atoms with Crippen molar-refractivity contribution in [2.45, 2.75) is 12.0 Å². The van der Waals surface area contributed by atoms with Crippen molar-refractivity contribution in [2.24, 2.45) is 0 Å². The molecule has 0 unspecified atom stereocenters. The van der Waals surface area contributed by atoms with Gasteiger partial charge in [0.05, 0.1) is 0 Å². The minimum atomic E-state index is -5.20. The summed E-state index contributed by atoms with van der Waals surface area (Å²) in [5.74, 6) is 0. The Hall–Kier alpha value is 0.779. The van der Waals surface area contributed by atoms with Gasteiger partial charge >= 0.3 is 15.2 Å². The van der Waals surface area contributed by atoms with E-state index in [-0.39, 0.29) is 17.1 Å². The van der Waals surface area contributed by atoms with Crippen molar-refractivity contribution < 1.29 is 50.9 Å². The fourth-order valence-electron chi connectivity index (χ4n) is 0.170. The molecule has 0 aromatic carbocycles. The molecule has 0 aromatic rings. The summed E-state index contributed by atoms with van der Waals surface area (Å²) in [6.45, 7) is 0.383. The SMILES string of the molecule is CC(O)(P(=O)(O)O)P(=O)(O)O.[Fe]. The molecular formula is C2H8FeO7P2. The maximum absolute atomic E-state index is 10.3. The summed E-state index contributed by atoms with van der Waals surface area (Å²) in [6, 6.07) is 0. The Labute approximate surface area is 78.6 Å².